The highest BCUT2D eigenvalue weighted by Gasteiger charge is 2.02. The predicted octanol–water partition coefficient (Wildman–Crippen LogP) is 7.02. The van der Waals surface area contributed by atoms with E-state index in [1.54, 1.807) is 13.8 Å². The van der Waals surface area contributed by atoms with Crippen molar-refractivity contribution < 1.29 is 31.4 Å². The van der Waals surface area contributed by atoms with Gasteiger partial charge in [0.25, 0.3) is 0 Å². The molecule has 0 aromatic heterocycles. The summed E-state index contributed by atoms with van der Waals surface area (Å²) in [6.45, 7) is 6.55. The van der Waals surface area contributed by atoms with Gasteiger partial charge >= 0.3 is 16.6 Å². The molecule has 0 atom stereocenters. The van der Waals surface area contributed by atoms with Crippen LogP contribution in [0.4, 0.5) is 4.79 Å². The van der Waals surface area contributed by atoms with Crippen LogP contribution in [0.25, 0.3) is 0 Å². The molecule has 8 heteroatoms. The van der Waals surface area contributed by atoms with Crippen molar-refractivity contribution in [1.82, 2.24) is 0 Å². The lowest BCUT2D eigenvalue weighted by Crippen LogP contribution is -2.05. The van der Waals surface area contributed by atoms with E-state index in [-0.39, 0.29) is 6.61 Å². The van der Waals surface area contributed by atoms with Crippen molar-refractivity contribution in [3.05, 3.63) is 12.2 Å². The van der Waals surface area contributed by atoms with Crippen molar-refractivity contribution in [2.24, 2.45) is 0 Å². The van der Waals surface area contributed by atoms with Crippen LogP contribution in [0.2, 0.25) is 0 Å². The number of hydrogen-bond donors (Lipinski definition) is 1. The molecule has 31 heavy (non-hydrogen) atoms. The molecule has 7 nitrogen and oxygen atoms in total. The molecule has 0 spiro atoms. The molecule has 0 heterocycles. The quantitative estimate of drug-likeness (QED) is 0.0944. The van der Waals surface area contributed by atoms with Gasteiger partial charge in [-0.3, -0.25) is 4.55 Å². The third-order valence-electron chi connectivity index (χ3n) is 4.41. The van der Waals surface area contributed by atoms with Crippen LogP contribution in [0.3, 0.4) is 0 Å². The van der Waals surface area contributed by atoms with Gasteiger partial charge in [-0.2, -0.15) is 8.42 Å². The average Bonchev–Trinajstić information content (AvgIpc) is 2.70. The Kier molecular flexibility index (Phi) is 26.0. The number of unbranched alkanes of at least 4 members (excludes halogenated alkanes) is 12. The second-order valence-electron chi connectivity index (χ2n) is 7.30. The number of carbonyl (C=O) groups is 1. The number of carbonyl (C=O) groups excluding carboxylic acids is 1. The maximum Gasteiger partial charge on any atom is 0.508 e. The van der Waals surface area contributed by atoms with Gasteiger partial charge < -0.3 is 9.47 Å². The zero-order chi connectivity index (χ0) is 23.6. The Bertz CT molecular complexity index is 496. The van der Waals surface area contributed by atoms with Gasteiger partial charge in [-0.05, 0) is 46.0 Å². The second-order valence-corrected chi connectivity index (χ2v) is 8.39. The molecule has 0 saturated heterocycles. The van der Waals surface area contributed by atoms with Gasteiger partial charge in [0.2, 0.25) is 0 Å². The summed E-state index contributed by atoms with van der Waals surface area (Å²) < 4.78 is 42.1. The lowest BCUT2D eigenvalue weighted by Gasteiger charge is -2.01. The van der Waals surface area contributed by atoms with Gasteiger partial charge in [-0.15, -0.1) is 0 Å². The molecule has 0 aromatic carbocycles. The number of hydrogen-bond acceptors (Lipinski definition) is 6. The minimum absolute atomic E-state index is 0.0833. The summed E-state index contributed by atoms with van der Waals surface area (Å²) in [4.78, 5) is 10.2. The number of allylic oxidation sites excluding steroid dienone is 2. The second kappa shape index (κ2) is 25.1. The lowest BCUT2D eigenvalue weighted by molar-refractivity contribution is 0.0630. The molecule has 0 aliphatic heterocycles. The van der Waals surface area contributed by atoms with Crippen LogP contribution in [-0.4, -0.2) is 38.9 Å². The van der Waals surface area contributed by atoms with E-state index in [0.717, 1.165) is 12.8 Å². The van der Waals surface area contributed by atoms with E-state index in [1.807, 2.05) is 0 Å². The van der Waals surface area contributed by atoms with Crippen LogP contribution in [-0.2, 0) is 24.1 Å². The first-order valence-electron chi connectivity index (χ1n) is 11.9. The molecular formula is C23H46O7S. The lowest BCUT2D eigenvalue weighted by atomic mass is 10.1. The number of ether oxygens (including phenoxy) is 2. The van der Waals surface area contributed by atoms with Crippen LogP contribution in [0.15, 0.2) is 12.2 Å². The predicted molar refractivity (Wildman–Crippen MR) is 126 cm³/mol. The Morgan fingerprint density at radius 3 is 1.55 bits per heavy atom. The molecule has 0 radical (unpaired) electrons. The molecule has 0 rings (SSSR count). The van der Waals surface area contributed by atoms with Crippen LogP contribution < -0.4 is 0 Å². The van der Waals surface area contributed by atoms with Crippen molar-refractivity contribution in [1.29, 1.82) is 0 Å². The zero-order valence-electron chi connectivity index (χ0n) is 20.0. The van der Waals surface area contributed by atoms with Crippen molar-refractivity contribution in [2.75, 3.05) is 19.8 Å². The largest absolute Gasteiger partial charge is 0.508 e. The summed E-state index contributed by atoms with van der Waals surface area (Å²) in [5, 5.41) is 0. The van der Waals surface area contributed by atoms with Gasteiger partial charge in [0, 0.05) is 0 Å². The summed E-state index contributed by atoms with van der Waals surface area (Å²) in [5.41, 5.74) is 0. The highest BCUT2D eigenvalue weighted by Crippen LogP contribution is 2.10. The standard InChI is InChI=1S/C18H36O4S.C5H10O3/c1-2-3-4-5-6-7-8-9-10-11-12-13-14-15-16-17-18-22-23(19,20)21;1-3-7-5(6)8-4-2/h9-10H,2-8,11-18H2,1H3,(H,19,20,21);3-4H2,1-2H3/b10-9-;. The first-order valence-corrected chi connectivity index (χ1v) is 13.3. The van der Waals surface area contributed by atoms with Gasteiger partial charge in [-0.25, -0.2) is 8.98 Å². The fourth-order valence-electron chi connectivity index (χ4n) is 2.79. The Hall–Kier alpha value is -1.12. The highest BCUT2D eigenvalue weighted by molar-refractivity contribution is 7.80. The smallest absolute Gasteiger partial charge is 0.435 e. The molecule has 0 saturated carbocycles. The maximum atomic E-state index is 10.3. The van der Waals surface area contributed by atoms with E-state index in [4.69, 9.17) is 4.55 Å². The molecule has 0 aliphatic rings. The van der Waals surface area contributed by atoms with Crippen molar-refractivity contribution in [3.8, 4) is 0 Å². The highest BCUT2D eigenvalue weighted by atomic mass is 32.3. The average molecular weight is 467 g/mol. The Balaban J connectivity index is 0. The summed E-state index contributed by atoms with van der Waals surface area (Å²) >= 11 is 0. The molecule has 186 valence electrons. The van der Waals surface area contributed by atoms with E-state index in [2.05, 4.69) is 32.7 Å². The van der Waals surface area contributed by atoms with Crippen LogP contribution in [0.1, 0.15) is 111 Å². The maximum absolute atomic E-state index is 10.3. The normalized spacial score (nSPS) is 11.2. The number of rotatable bonds is 19. The molecular weight excluding hydrogens is 420 g/mol. The SMILES string of the molecule is CCCCCCCC/C=C\CCCCCCCCOS(=O)(=O)O.CCOC(=O)OCC. The molecule has 0 amide bonds. The third kappa shape index (κ3) is 33.7. The van der Waals surface area contributed by atoms with Crippen LogP contribution in [0.5, 0.6) is 0 Å². The third-order valence-corrected chi connectivity index (χ3v) is 4.88. The summed E-state index contributed by atoms with van der Waals surface area (Å²) in [7, 11) is -4.25. The molecule has 0 unspecified atom stereocenters. The summed E-state index contributed by atoms with van der Waals surface area (Å²) in [6.07, 6.45) is 21.0. The van der Waals surface area contributed by atoms with Crippen LogP contribution >= 0.6 is 0 Å². The van der Waals surface area contributed by atoms with Gasteiger partial charge in [0.1, 0.15) is 0 Å². The minimum Gasteiger partial charge on any atom is -0.435 e. The molecule has 0 aromatic rings. The first kappa shape index (κ1) is 32.1. The monoisotopic (exact) mass is 466 g/mol. The zero-order valence-corrected chi connectivity index (χ0v) is 20.8. The fraction of sp³-hybridized carbons (Fsp3) is 0.870. The molecule has 0 aliphatic carbocycles. The Morgan fingerprint density at radius 2 is 1.13 bits per heavy atom. The Labute approximate surface area is 190 Å². The molecule has 1 N–H and O–H groups in total. The van der Waals surface area contributed by atoms with E-state index in [9.17, 15) is 13.2 Å². The van der Waals surface area contributed by atoms with E-state index in [0.29, 0.717) is 19.6 Å². The summed E-state index contributed by atoms with van der Waals surface area (Å²) in [6, 6.07) is 0. The molecule has 0 bridgehead atoms. The van der Waals surface area contributed by atoms with E-state index in [1.165, 1.54) is 70.6 Å². The minimum atomic E-state index is -4.25. The van der Waals surface area contributed by atoms with E-state index < -0.39 is 16.6 Å². The van der Waals surface area contributed by atoms with Gasteiger partial charge in [0.15, 0.2) is 0 Å². The van der Waals surface area contributed by atoms with Crippen LogP contribution in [0, 0.1) is 0 Å². The topological polar surface area (TPSA) is 99.1 Å². The van der Waals surface area contributed by atoms with E-state index >= 15 is 0 Å². The van der Waals surface area contributed by atoms with Crippen molar-refractivity contribution >= 4 is 16.6 Å². The Morgan fingerprint density at radius 1 is 0.710 bits per heavy atom. The fourth-order valence-corrected chi connectivity index (χ4v) is 3.12. The first-order chi connectivity index (χ1) is 14.9. The van der Waals surface area contributed by atoms with Crippen molar-refractivity contribution in [2.45, 2.75) is 111 Å². The summed E-state index contributed by atoms with van der Waals surface area (Å²) in [5.74, 6) is 0. The van der Waals surface area contributed by atoms with Gasteiger partial charge in [0.05, 0.1) is 19.8 Å². The van der Waals surface area contributed by atoms with Gasteiger partial charge in [-0.1, -0.05) is 76.9 Å². The molecule has 0 fully saturated rings. The van der Waals surface area contributed by atoms with Crippen molar-refractivity contribution in [3.63, 3.8) is 0 Å².